The Bertz CT molecular complexity index is 446. The van der Waals surface area contributed by atoms with Gasteiger partial charge in [-0.2, -0.15) is 0 Å². The maximum atomic E-state index is 12.3. The summed E-state index contributed by atoms with van der Waals surface area (Å²) in [5.74, 6) is -0.273. The van der Waals surface area contributed by atoms with Crippen LogP contribution in [0.4, 0.5) is 0 Å². The van der Waals surface area contributed by atoms with Crippen LogP contribution in [-0.4, -0.2) is 25.8 Å². The molecule has 1 atom stereocenters. The first-order chi connectivity index (χ1) is 9.88. The molecule has 1 unspecified atom stereocenters. The van der Waals surface area contributed by atoms with Crippen LogP contribution in [0.15, 0.2) is 24.3 Å². The summed E-state index contributed by atoms with van der Waals surface area (Å²) in [6.45, 7) is 8.70. The number of ether oxygens (including phenoxy) is 2. The van der Waals surface area contributed by atoms with Gasteiger partial charge in [-0.3, -0.25) is 0 Å². The number of esters is 1. The molecule has 0 heterocycles. The van der Waals surface area contributed by atoms with Gasteiger partial charge in [-0.05, 0) is 30.5 Å². The van der Waals surface area contributed by atoms with Crippen LogP contribution >= 0.6 is 0 Å². The van der Waals surface area contributed by atoms with Gasteiger partial charge in [0.05, 0.1) is 12.2 Å². The average Bonchev–Trinajstić information content (AvgIpc) is 2.44. The van der Waals surface area contributed by atoms with E-state index in [0.717, 1.165) is 19.3 Å². The van der Waals surface area contributed by atoms with Crippen molar-refractivity contribution >= 4 is 5.97 Å². The molecule has 0 spiro atoms. The van der Waals surface area contributed by atoms with Gasteiger partial charge in [-0.25, -0.2) is 4.79 Å². The molecule has 118 valence electrons. The molecule has 0 saturated carbocycles. The molecule has 0 aromatic heterocycles. The highest BCUT2D eigenvalue weighted by molar-refractivity contribution is 5.89. The molecule has 3 nitrogen and oxygen atoms in total. The SMILES string of the molecule is CCCCc1cccc(C(=O)OC(COC)C(C)(C)C)c1. The lowest BCUT2D eigenvalue weighted by atomic mass is 9.89. The molecule has 21 heavy (non-hydrogen) atoms. The molecule has 3 heteroatoms. The molecule has 0 amide bonds. The van der Waals surface area contributed by atoms with Gasteiger partial charge in [0.2, 0.25) is 0 Å². The van der Waals surface area contributed by atoms with E-state index in [9.17, 15) is 4.79 Å². The minimum atomic E-state index is -0.273. The Kier molecular flexibility index (Phi) is 6.90. The van der Waals surface area contributed by atoms with Crippen LogP contribution in [-0.2, 0) is 15.9 Å². The maximum Gasteiger partial charge on any atom is 0.338 e. The zero-order valence-corrected chi connectivity index (χ0v) is 13.9. The molecule has 0 bridgehead atoms. The molecule has 0 saturated heterocycles. The molecule has 0 aliphatic heterocycles. The highest BCUT2D eigenvalue weighted by atomic mass is 16.6. The first-order valence-corrected chi connectivity index (χ1v) is 7.67. The first-order valence-electron chi connectivity index (χ1n) is 7.67. The van der Waals surface area contributed by atoms with Gasteiger partial charge in [0.15, 0.2) is 0 Å². The Morgan fingerprint density at radius 2 is 2.00 bits per heavy atom. The maximum absolute atomic E-state index is 12.3. The quantitative estimate of drug-likeness (QED) is 0.705. The second-order valence-electron chi connectivity index (χ2n) is 6.52. The molecule has 0 aliphatic carbocycles. The summed E-state index contributed by atoms with van der Waals surface area (Å²) >= 11 is 0. The van der Waals surface area contributed by atoms with E-state index in [2.05, 4.69) is 13.0 Å². The number of hydrogen-bond acceptors (Lipinski definition) is 3. The van der Waals surface area contributed by atoms with Crippen molar-refractivity contribution in [2.45, 2.75) is 53.1 Å². The molecular formula is C18H28O3. The summed E-state index contributed by atoms with van der Waals surface area (Å²) < 4.78 is 10.8. The summed E-state index contributed by atoms with van der Waals surface area (Å²) in [6, 6.07) is 7.72. The minimum Gasteiger partial charge on any atom is -0.456 e. The molecule has 0 N–H and O–H groups in total. The number of benzene rings is 1. The standard InChI is InChI=1S/C18H28O3/c1-6-7-9-14-10-8-11-15(12-14)17(19)21-16(13-20-5)18(2,3)4/h8,10-12,16H,6-7,9,13H2,1-5H3. The second-order valence-corrected chi connectivity index (χ2v) is 6.52. The number of carbonyl (C=O) groups excluding carboxylic acids is 1. The summed E-state index contributed by atoms with van der Waals surface area (Å²) in [6.07, 6.45) is 3.02. The van der Waals surface area contributed by atoms with Crippen LogP contribution in [0.1, 0.15) is 56.5 Å². The fourth-order valence-electron chi connectivity index (χ4n) is 2.04. The number of aryl methyl sites for hydroxylation is 1. The van der Waals surface area contributed by atoms with E-state index in [1.807, 2.05) is 39.0 Å². The lowest BCUT2D eigenvalue weighted by Crippen LogP contribution is -2.35. The molecule has 0 aliphatic rings. The van der Waals surface area contributed by atoms with Crippen LogP contribution in [0, 0.1) is 5.41 Å². The van der Waals surface area contributed by atoms with Gasteiger partial charge in [0.1, 0.15) is 6.10 Å². The highest BCUT2D eigenvalue weighted by Gasteiger charge is 2.28. The van der Waals surface area contributed by atoms with E-state index in [1.165, 1.54) is 5.56 Å². The van der Waals surface area contributed by atoms with Crippen LogP contribution in [0.5, 0.6) is 0 Å². The van der Waals surface area contributed by atoms with Crippen LogP contribution in [0.3, 0.4) is 0 Å². The summed E-state index contributed by atoms with van der Waals surface area (Å²) in [5, 5.41) is 0. The molecule has 0 radical (unpaired) electrons. The lowest BCUT2D eigenvalue weighted by molar-refractivity contribution is -0.0351. The Morgan fingerprint density at radius 1 is 1.29 bits per heavy atom. The van der Waals surface area contributed by atoms with Gasteiger partial charge in [0, 0.05) is 12.5 Å². The Labute approximate surface area is 128 Å². The Balaban J connectivity index is 2.78. The third kappa shape index (κ3) is 5.88. The average molecular weight is 292 g/mol. The van der Waals surface area contributed by atoms with Crippen molar-refractivity contribution in [2.75, 3.05) is 13.7 Å². The largest absolute Gasteiger partial charge is 0.456 e. The summed E-state index contributed by atoms with van der Waals surface area (Å²) in [7, 11) is 1.62. The fourth-order valence-corrected chi connectivity index (χ4v) is 2.04. The van der Waals surface area contributed by atoms with Crippen molar-refractivity contribution in [3.8, 4) is 0 Å². The van der Waals surface area contributed by atoms with Crippen LogP contribution in [0.2, 0.25) is 0 Å². The molecule has 1 rings (SSSR count). The lowest BCUT2D eigenvalue weighted by Gasteiger charge is -2.29. The third-order valence-corrected chi connectivity index (χ3v) is 3.51. The van der Waals surface area contributed by atoms with E-state index in [1.54, 1.807) is 7.11 Å². The zero-order valence-electron chi connectivity index (χ0n) is 13.9. The molecular weight excluding hydrogens is 264 g/mol. The number of hydrogen-bond donors (Lipinski definition) is 0. The van der Waals surface area contributed by atoms with Crippen molar-refractivity contribution in [3.63, 3.8) is 0 Å². The fraction of sp³-hybridized carbons (Fsp3) is 0.611. The monoisotopic (exact) mass is 292 g/mol. The van der Waals surface area contributed by atoms with E-state index in [4.69, 9.17) is 9.47 Å². The molecule has 0 fully saturated rings. The molecule has 1 aromatic carbocycles. The summed E-state index contributed by atoms with van der Waals surface area (Å²) in [5.41, 5.74) is 1.66. The van der Waals surface area contributed by atoms with Crippen molar-refractivity contribution in [2.24, 2.45) is 5.41 Å². The Hall–Kier alpha value is -1.35. The van der Waals surface area contributed by atoms with Gasteiger partial charge in [-0.15, -0.1) is 0 Å². The predicted octanol–water partition coefficient (Wildman–Crippen LogP) is 4.25. The van der Waals surface area contributed by atoms with Gasteiger partial charge < -0.3 is 9.47 Å². The molecule has 1 aromatic rings. The van der Waals surface area contributed by atoms with Gasteiger partial charge >= 0.3 is 5.97 Å². The second kappa shape index (κ2) is 8.18. The number of carbonyl (C=O) groups is 1. The third-order valence-electron chi connectivity index (χ3n) is 3.51. The highest BCUT2D eigenvalue weighted by Crippen LogP contribution is 2.24. The number of methoxy groups -OCH3 is 1. The van der Waals surface area contributed by atoms with Crippen LogP contribution < -0.4 is 0 Å². The van der Waals surface area contributed by atoms with E-state index in [0.29, 0.717) is 12.2 Å². The minimum absolute atomic E-state index is 0.147. The summed E-state index contributed by atoms with van der Waals surface area (Å²) in [4.78, 5) is 12.3. The van der Waals surface area contributed by atoms with E-state index < -0.39 is 0 Å². The number of unbranched alkanes of at least 4 members (excludes halogenated alkanes) is 1. The van der Waals surface area contributed by atoms with Crippen molar-refractivity contribution in [1.82, 2.24) is 0 Å². The first kappa shape index (κ1) is 17.7. The Morgan fingerprint density at radius 3 is 2.57 bits per heavy atom. The number of rotatable bonds is 7. The smallest absolute Gasteiger partial charge is 0.338 e. The topological polar surface area (TPSA) is 35.5 Å². The van der Waals surface area contributed by atoms with E-state index >= 15 is 0 Å². The van der Waals surface area contributed by atoms with Gasteiger partial charge in [0.25, 0.3) is 0 Å². The van der Waals surface area contributed by atoms with E-state index in [-0.39, 0.29) is 17.5 Å². The van der Waals surface area contributed by atoms with Gasteiger partial charge in [-0.1, -0.05) is 46.2 Å². The van der Waals surface area contributed by atoms with Crippen LogP contribution in [0.25, 0.3) is 0 Å². The van der Waals surface area contributed by atoms with Crippen molar-refractivity contribution < 1.29 is 14.3 Å². The van der Waals surface area contributed by atoms with Crippen molar-refractivity contribution in [1.29, 1.82) is 0 Å². The normalized spacial score (nSPS) is 13.0. The zero-order chi connectivity index (χ0) is 15.9. The van der Waals surface area contributed by atoms with Crippen molar-refractivity contribution in [3.05, 3.63) is 35.4 Å². The predicted molar refractivity (Wildman–Crippen MR) is 85.6 cm³/mol.